The molecule has 152 valence electrons. The number of nitrogens with one attached hydrogen (secondary N) is 2. The largest absolute Gasteiger partial charge is 0.445 e. The number of ether oxygens (including phenoxy) is 1. The molecular formula is C21H25N5O3. The molecular weight excluding hydrogens is 370 g/mol. The number of carbonyl (C=O) groups is 2. The van der Waals surface area contributed by atoms with Gasteiger partial charge in [-0.05, 0) is 24.5 Å². The van der Waals surface area contributed by atoms with Gasteiger partial charge in [0.2, 0.25) is 5.91 Å². The van der Waals surface area contributed by atoms with Crippen LogP contribution >= 0.6 is 0 Å². The van der Waals surface area contributed by atoms with Gasteiger partial charge in [-0.3, -0.25) is 9.48 Å². The van der Waals surface area contributed by atoms with Crippen molar-refractivity contribution in [3.8, 4) is 0 Å². The molecule has 3 rings (SSSR count). The van der Waals surface area contributed by atoms with Gasteiger partial charge < -0.3 is 15.4 Å². The highest BCUT2D eigenvalue weighted by Gasteiger charge is 2.25. The van der Waals surface area contributed by atoms with Crippen LogP contribution in [0, 0.1) is 12.8 Å². The quantitative estimate of drug-likeness (QED) is 0.668. The molecule has 0 aliphatic rings. The number of hydrogen-bond acceptors (Lipinski definition) is 5. The van der Waals surface area contributed by atoms with Gasteiger partial charge in [-0.15, -0.1) is 0 Å². The van der Waals surface area contributed by atoms with Crippen molar-refractivity contribution in [2.24, 2.45) is 13.0 Å². The van der Waals surface area contributed by atoms with Crippen molar-refractivity contribution in [1.82, 2.24) is 20.1 Å². The number of alkyl carbamates (subject to hydrolysis) is 1. The van der Waals surface area contributed by atoms with Crippen LogP contribution in [0.1, 0.15) is 25.1 Å². The smallest absolute Gasteiger partial charge is 0.408 e. The predicted octanol–water partition coefficient (Wildman–Crippen LogP) is 3.17. The summed E-state index contributed by atoms with van der Waals surface area (Å²) in [7, 11) is 1.82. The number of amides is 2. The summed E-state index contributed by atoms with van der Waals surface area (Å²) in [5, 5.41) is 10.7. The second-order valence-electron chi connectivity index (χ2n) is 7.22. The maximum absolute atomic E-state index is 12.8. The number of fused-ring (bicyclic) bond motifs is 1. The molecule has 0 bridgehead atoms. The van der Waals surface area contributed by atoms with Gasteiger partial charge in [0.1, 0.15) is 12.6 Å². The zero-order valence-corrected chi connectivity index (χ0v) is 17.0. The lowest BCUT2D eigenvalue weighted by Crippen LogP contribution is -2.47. The number of benzene rings is 1. The molecule has 1 aromatic carbocycles. The summed E-state index contributed by atoms with van der Waals surface area (Å²) in [6.45, 7) is 5.74. The van der Waals surface area contributed by atoms with Crippen molar-refractivity contribution in [1.29, 1.82) is 0 Å². The Labute approximate surface area is 169 Å². The molecule has 0 spiro atoms. The van der Waals surface area contributed by atoms with Crippen molar-refractivity contribution in [2.75, 3.05) is 5.32 Å². The summed E-state index contributed by atoms with van der Waals surface area (Å²) in [5.74, 6) is -0.463. The van der Waals surface area contributed by atoms with E-state index in [0.29, 0.717) is 5.69 Å². The Morgan fingerprint density at radius 3 is 2.62 bits per heavy atom. The van der Waals surface area contributed by atoms with Gasteiger partial charge in [-0.25, -0.2) is 9.78 Å². The summed E-state index contributed by atoms with van der Waals surface area (Å²) >= 11 is 0. The highest BCUT2D eigenvalue weighted by Crippen LogP contribution is 2.19. The van der Waals surface area contributed by atoms with E-state index < -0.39 is 12.1 Å². The van der Waals surface area contributed by atoms with Crippen LogP contribution in [-0.4, -0.2) is 32.8 Å². The molecule has 2 aromatic heterocycles. The van der Waals surface area contributed by atoms with Gasteiger partial charge in [0.15, 0.2) is 5.65 Å². The Morgan fingerprint density at radius 2 is 1.93 bits per heavy atom. The molecule has 0 saturated heterocycles. The first-order valence-corrected chi connectivity index (χ1v) is 9.42. The van der Waals surface area contributed by atoms with E-state index in [1.54, 1.807) is 10.9 Å². The van der Waals surface area contributed by atoms with Gasteiger partial charge in [-0.1, -0.05) is 44.2 Å². The number of nitrogens with zero attached hydrogens (tertiary/aromatic N) is 3. The van der Waals surface area contributed by atoms with E-state index in [1.807, 2.05) is 64.2 Å². The van der Waals surface area contributed by atoms with Crippen molar-refractivity contribution in [3.63, 3.8) is 0 Å². The van der Waals surface area contributed by atoms with Crippen molar-refractivity contribution in [2.45, 2.75) is 33.4 Å². The highest BCUT2D eigenvalue weighted by molar-refractivity contribution is 5.98. The number of aryl methyl sites for hydroxylation is 2. The Bertz CT molecular complexity index is 1010. The number of aromatic nitrogens is 3. The number of pyridine rings is 1. The van der Waals surface area contributed by atoms with E-state index >= 15 is 0 Å². The maximum Gasteiger partial charge on any atom is 0.408 e. The second-order valence-corrected chi connectivity index (χ2v) is 7.22. The molecule has 0 radical (unpaired) electrons. The van der Waals surface area contributed by atoms with Crippen LogP contribution in [0.15, 0.2) is 42.6 Å². The molecule has 0 fully saturated rings. The van der Waals surface area contributed by atoms with Gasteiger partial charge in [0.05, 0.1) is 17.6 Å². The van der Waals surface area contributed by atoms with E-state index in [1.165, 1.54) is 0 Å². The lowest BCUT2D eigenvalue weighted by atomic mass is 10.0. The summed E-state index contributed by atoms with van der Waals surface area (Å²) in [6.07, 6.45) is 0.936. The van der Waals surface area contributed by atoms with Crippen LogP contribution in [0.5, 0.6) is 0 Å². The number of anilines is 1. The van der Waals surface area contributed by atoms with Crippen LogP contribution < -0.4 is 10.6 Å². The molecule has 0 aliphatic carbocycles. The number of hydrogen-bond donors (Lipinski definition) is 2. The molecule has 2 heterocycles. The monoisotopic (exact) mass is 395 g/mol. The average molecular weight is 395 g/mol. The molecule has 2 amide bonds. The fourth-order valence-electron chi connectivity index (χ4n) is 3.02. The van der Waals surface area contributed by atoms with E-state index in [-0.39, 0.29) is 18.4 Å². The Hall–Kier alpha value is -3.42. The number of carbonyl (C=O) groups excluding carboxylic acids is 2. The maximum atomic E-state index is 12.8. The van der Waals surface area contributed by atoms with Crippen LogP contribution in [-0.2, 0) is 23.2 Å². The SMILES string of the molecule is Cc1nn(C)c2ncc(NC(=O)[C@@H](NC(=O)OCc3ccccc3)C(C)C)cc12. The third-order valence-electron chi connectivity index (χ3n) is 4.57. The molecule has 0 saturated carbocycles. The summed E-state index contributed by atoms with van der Waals surface area (Å²) < 4.78 is 6.92. The molecule has 0 aliphatic heterocycles. The van der Waals surface area contributed by atoms with Crippen LogP contribution in [0.25, 0.3) is 11.0 Å². The third-order valence-corrected chi connectivity index (χ3v) is 4.57. The first-order valence-electron chi connectivity index (χ1n) is 9.42. The molecule has 3 aromatic rings. The Kier molecular flexibility index (Phi) is 6.11. The van der Waals surface area contributed by atoms with Gasteiger partial charge in [-0.2, -0.15) is 5.10 Å². The molecule has 0 unspecified atom stereocenters. The Balaban J connectivity index is 1.64. The van der Waals surface area contributed by atoms with E-state index in [2.05, 4.69) is 20.7 Å². The summed E-state index contributed by atoms with van der Waals surface area (Å²) in [4.78, 5) is 29.3. The van der Waals surface area contributed by atoms with E-state index in [0.717, 1.165) is 22.3 Å². The van der Waals surface area contributed by atoms with Crippen LogP contribution in [0.2, 0.25) is 0 Å². The molecule has 8 heteroatoms. The molecule has 29 heavy (non-hydrogen) atoms. The first kappa shape index (κ1) is 20.3. The average Bonchev–Trinajstić information content (AvgIpc) is 2.98. The standard InChI is InChI=1S/C21H25N5O3/c1-13(2)18(24-21(28)29-12-15-8-6-5-7-9-15)20(27)23-16-10-17-14(3)25-26(4)19(17)22-11-16/h5-11,13,18H,12H2,1-4H3,(H,23,27)(H,24,28)/t18-/m0/s1. The minimum Gasteiger partial charge on any atom is -0.445 e. The Morgan fingerprint density at radius 1 is 1.21 bits per heavy atom. The van der Waals surface area contributed by atoms with Crippen molar-refractivity contribution >= 4 is 28.7 Å². The van der Waals surface area contributed by atoms with Crippen LogP contribution in [0.3, 0.4) is 0 Å². The topological polar surface area (TPSA) is 98.1 Å². The van der Waals surface area contributed by atoms with Crippen molar-refractivity contribution < 1.29 is 14.3 Å². The van der Waals surface area contributed by atoms with Gasteiger partial charge in [0.25, 0.3) is 0 Å². The minimum atomic E-state index is -0.746. The summed E-state index contributed by atoms with van der Waals surface area (Å²) in [6, 6.07) is 10.4. The predicted molar refractivity (Wildman–Crippen MR) is 110 cm³/mol. The fraction of sp³-hybridized carbons (Fsp3) is 0.333. The van der Waals surface area contributed by atoms with E-state index in [9.17, 15) is 9.59 Å². The first-order chi connectivity index (χ1) is 13.8. The van der Waals surface area contributed by atoms with Crippen molar-refractivity contribution in [3.05, 3.63) is 53.9 Å². The van der Waals surface area contributed by atoms with Gasteiger partial charge >= 0.3 is 6.09 Å². The number of rotatable bonds is 6. The fourth-order valence-corrected chi connectivity index (χ4v) is 3.02. The molecule has 2 N–H and O–H groups in total. The minimum absolute atomic E-state index is 0.129. The summed E-state index contributed by atoms with van der Waals surface area (Å²) in [5.41, 5.74) is 2.99. The van der Waals surface area contributed by atoms with Gasteiger partial charge in [0, 0.05) is 12.4 Å². The highest BCUT2D eigenvalue weighted by atomic mass is 16.5. The molecule has 1 atom stereocenters. The lowest BCUT2D eigenvalue weighted by molar-refractivity contribution is -0.119. The van der Waals surface area contributed by atoms with E-state index in [4.69, 9.17) is 4.74 Å². The zero-order valence-electron chi connectivity index (χ0n) is 17.0. The second kappa shape index (κ2) is 8.72. The lowest BCUT2D eigenvalue weighted by Gasteiger charge is -2.21. The third kappa shape index (κ3) is 4.90. The van der Waals surface area contributed by atoms with Crippen LogP contribution in [0.4, 0.5) is 10.5 Å². The normalized spacial score (nSPS) is 12.0. The zero-order chi connectivity index (χ0) is 21.0. The molecule has 8 nitrogen and oxygen atoms in total.